The maximum absolute atomic E-state index is 12.2. The molecule has 2 aromatic heterocycles. The fraction of sp³-hybridized carbons (Fsp3) is 0.308. The number of ether oxygens (including phenoxy) is 1. The Hall–Kier alpha value is -2.41. The van der Waals surface area contributed by atoms with Crippen molar-refractivity contribution >= 4 is 11.7 Å². The number of hydrogen-bond donors (Lipinski definition) is 3. The number of H-pyrrole nitrogens is 1. The van der Waals surface area contributed by atoms with E-state index in [0.717, 1.165) is 24.2 Å². The molecule has 0 aliphatic carbocycles. The van der Waals surface area contributed by atoms with Crippen LogP contribution < -0.4 is 15.4 Å². The summed E-state index contributed by atoms with van der Waals surface area (Å²) in [6.45, 7) is 1.55. The normalized spacial score (nSPS) is 13.7. The van der Waals surface area contributed by atoms with Crippen molar-refractivity contribution in [1.29, 1.82) is 0 Å². The highest BCUT2D eigenvalue weighted by Crippen LogP contribution is 2.18. The summed E-state index contributed by atoms with van der Waals surface area (Å²) in [6.07, 6.45) is 2.43. The highest BCUT2D eigenvalue weighted by atomic mass is 16.5. The van der Waals surface area contributed by atoms with Crippen LogP contribution in [0, 0.1) is 0 Å². The minimum atomic E-state index is -0.271. The SMILES string of the molecule is COc1ccnc(NC(=O)c2n[nH]c3c2CNCC3)c1. The lowest BCUT2D eigenvalue weighted by molar-refractivity contribution is 0.102. The summed E-state index contributed by atoms with van der Waals surface area (Å²) in [6, 6.07) is 3.38. The average Bonchev–Trinajstić information content (AvgIpc) is 2.91. The molecule has 1 amide bonds. The Morgan fingerprint density at radius 1 is 1.50 bits per heavy atom. The van der Waals surface area contributed by atoms with Crippen molar-refractivity contribution in [2.24, 2.45) is 0 Å². The largest absolute Gasteiger partial charge is 0.497 e. The van der Waals surface area contributed by atoms with Crippen molar-refractivity contribution in [3.8, 4) is 5.75 Å². The highest BCUT2D eigenvalue weighted by molar-refractivity contribution is 6.03. The molecule has 0 radical (unpaired) electrons. The summed E-state index contributed by atoms with van der Waals surface area (Å²) >= 11 is 0. The van der Waals surface area contributed by atoms with Gasteiger partial charge in [-0.3, -0.25) is 9.89 Å². The Balaban J connectivity index is 1.80. The van der Waals surface area contributed by atoms with Crippen LogP contribution in [-0.4, -0.2) is 34.7 Å². The van der Waals surface area contributed by atoms with Gasteiger partial charge in [-0.15, -0.1) is 0 Å². The summed E-state index contributed by atoms with van der Waals surface area (Å²) in [5.74, 6) is 0.808. The van der Waals surface area contributed by atoms with Gasteiger partial charge in [-0.05, 0) is 6.07 Å². The number of fused-ring (bicyclic) bond motifs is 1. The van der Waals surface area contributed by atoms with E-state index in [4.69, 9.17) is 4.74 Å². The number of rotatable bonds is 3. The van der Waals surface area contributed by atoms with Crippen molar-refractivity contribution < 1.29 is 9.53 Å². The van der Waals surface area contributed by atoms with Gasteiger partial charge in [0.05, 0.1) is 7.11 Å². The second-order valence-corrected chi connectivity index (χ2v) is 4.49. The quantitative estimate of drug-likeness (QED) is 0.766. The third-order valence-corrected chi connectivity index (χ3v) is 3.23. The molecule has 104 valence electrons. The zero-order valence-corrected chi connectivity index (χ0v) is 11.1. The molecule has 2 aromatic rings. The van der Waals surface area contributed by atoms with Gasteiger partial charge in [0.1, 0.15) is 11.6 Å². The van der Waals surface area contributed by atoms with Gasteiger partial charge in [0.2, 0.25) is 0 Å². The minimum absolute atomic E-state index is 0.271. The number of anilines is 1. The molecule has 0 spiro atoms. The summed E-state index contributed by atoms with van der Waals surface area (Å²) in [5.41, 5.74) is 2.36. The van der Waals surface area contributed by atoms with E-state index in [2.05, 4.69) is 25.8 Å². The maximum atomic E-state index is 12.2. The Kier molecular flexibility index (Phi) is 3.34. The number of aromatic amines is 1. The van der Waals surface area contributed by atoms with Gasteiger partial charge in [0.25, 0.3) is 5.91 Å². The monoisotopic (exact) mass is 273 g/mol. The zero-order chi connectivity index (χ0) is 13.9. The van der Waals surface area contributed by atoms with Crippen LogP contribution in [0.4, 0.5) is 5.82 Å². The number of nitrogens with one attached hydrogen (secondary N) is 3. The van der Waals surface area contributed by atoms with E-state index >= 15 is 0 Å². The fourth-order valence-corrected chi connectivity index (χ4v) is 2.20. The van der Waals surface area contributed by atoms with Crippen molar-refractivity contribution in [3.63, 3.8) is 0 Å². The lowest BCUT2D eigenvalue weighted by Crippen LogP contribution is -2.25. The molecular formula is C13H15N5O2. The predicted molar refractivity (Wildman–Crippen MR) is 72.7 cm³/mol. The highest BCUT2D eigenvalue weighted by Gasteiger charge is 2.21. The molecule has 0 saturated carbocycles. The van der Waals surface area contributed by atoms with Gasteiger partial charge in [-0.25, -0.2) is 4.98 Å². The van der Waals surface area contributed by atoms with E-state index in [1.54, 1.807) is 25.4 Å². The number of hydrogen-bond acceptors (Lipinski definition) is 5. The molecule has 1 aliphatic rings. The molecule has 0 saturated heterocycles. The van der Waals surface area contributed by atoms with Crippen LogP contribution in [0.25, 0.3) is 0 Å². The lowest BCUT2D eigenvalue weighted by Gasteiger charge is -2.12. The van der Waals surface area contributed by atoms with Gasteiger partial charge in [-0.2, -0.15) is 5.10 Å². The Morgan fingerprint density at radius 2 is 2.40 bits per heavy atom. The molecule has 3 N–H and O–H groups in total. The van der Waals surface area contributed by atoms with Crippen LogP contribution in [0.15, 0.2) is 18.3 Å². The van der Waals surface area contributed by atoms with Gasteiger partial charge >= 0.3 is 0 Å². The summed E-state index contributed by atoms with van der Waals surface area (Å²) in [4.78, 5) is 16.3. The van der Waals surface area contributed by atoms with E-state index in [-0.39, 0.29) is 5.91 Å². The smallest absolute Gasteiger partial charge is 0.277 e. The summed E-state index contributed by atoms with van der Waals surface area (Å²) in [5, 5.41) is 13.0. The van der Waals surface area contributed by atoms with Crippen LogP contribution in [0.1, 0.15) is 21.7 Å². The first kappa shape index (κ1) is 12.6. The molecule has 7 nitrogen and oxygen atoms in total. The van der Waals surface area contributed by atoms with Crippen molar-refractivity contribution in [1.82, 2.24) is 20.5 Å². The van der Waals surface area contributed by atoms with E-state index < -0.39 is 0 Å². The number of aromatic nitrogens is 3. The molecule has 0 atom stereocenters. The number of pyridine rings is 1. The molecule has 3 rings (SSSR count). The van der Waals surface area contributed by atoms with Gasteiger partial charge in [0.15, 0.2) is 5.69 Å². The van der Waals surface area contributed by atoms with Gasteiger partial charge < -0.3 is 15.4 Å². The van der Waals surface area contributed by atoms with Crippen LogP contribution >= 0.6 is 0 Å². The number of nitrogens with zero attached hydrogens (tertiary/aromatic N) is 2. The lowest BCUT2D eigenvalue weighted by atomic mass is 10.1. The molecule has 1 aliphatic heterocycles. The van der Waals surface area contributed by atoms with Crippen molar-refractivity contribution in [2.75, 3.05) is 19.0 Å². The van der Waals surface area contributed by atoms with Crippen molar-refractivity contribution in [3.05, 3.63) is 35.3 Å². The molecule has 0 bridgehead atoms. The zero-order valence-electron chi connectivity index (χ0n) is 11.1. The van der Waals surface area contributed by atoms with Gasteiger partial charge in [0, 0.05) is 43.0 Å². The third kappa shape index (κ3) is 2.35. The number of carbonyl (C=O) groups is 1. The third-order valence-electron chi connectivity index (χ3n) is 3.23. The first-order chi connectivity index (χ1) is 9.78. The van der Waals surface area contributed by atoms with E-state index in [1.165, 1.54) is 0 Å². The fourth-order valence-electron chi connectivity index (χ4n) is 2.20. The van der Waals surface area contributed by atoms with Crippen LogP contribution in [0.3, 0.4) is 0 Å². The molecular weight excluding hydrogens is 258 g/mol. The summed E-state index contributed by atoms with van der Waals surface area (Å²) in [7, 11) is 1.57. The number of carbonyl (C=O) groups excluding carboxylic acids is 1. The van der Waals surface area contributed by atoms with Crippen LogP contribution in [-0.2, 0) is 13.0 Å². The Labute approximate surface area is 115 Å². The van der Waals surface area contributed by atoms with Crippen LogP contribution in [0.5, 0.6) is 5.75 Å². The first-order valence-corrected chi connectivity index (χ1v) is 6.36. The molecule has 0 aromatic carbocycles. The van der Waals surface area contributed by atoms with Crippen molar-refractivity contribution in [2.45, 2.75) is 13.0 Å². The molecule has 0 unspecified atom stereocenters. The van der Waals surface area contributed by atoms with E-state index in [1.807, 2.05) is 0 Å². The maximum Gasteiger partial charge on any atom is 0.277 e. The minimum Gasteiger partial charge on any atom is -0.497 e. The Bertz CT molecular complexity index is 637. The van der Waals surface area contributed by atoms with E-state index in [0.29, 0.717) is 23.8 Å². The van der Waals surface area contributed by atoms with Gasteiger partial charge in [-0.1, -0.05) is 0 Å². The summed E-state index contributed by atoms with van der Waals surface area (Å²) < 4.78 is 5.09. The molecule has 20 heavy (non-hydrogen) atoms. The second-order valence-electron chi connectivity index (χ2n) is 4.49. The Morgan fingerprint density at radius 3 is 3.25 bits per heavy atom. The average molecular weight is 273 g/mol. The molecule has 7 heteroatoms. The number of methoxy groups -OCH3 is 1. The number of amides is 1. The topological polar surface area (TPSA) is 91.9 Å². The molecule has 0 fully saturated rings. The first-order valence-electron chi connectivity index (χ1n) is 6.36. The predicted octanol–water partition coefficient (Wildman–Crippen LogP) is 0.711. The van der Waals surface area contributed by atoms with Crippen LogP contribution in [0.2, 0.25) is 0 Å². The standard InChI is InChI=1S/C13H15N5O2/c1-20-8-2-5-15-11(6-8)16-13(19)12-9-7-14-4-3-10(9)17-18-12/h2,5-6,14H,3-4,7H2,1H3,(H,17,18)(H,15,16,19). The van der Waals surface area contributed by atoms with E-state index in [9.17, 15) is 4.79 Å². The molecule has 3 heterocycles. The second kappa shape index (κ2) is 5.30.